The third-order valence-electron chi connectivity index (χ3n) is 5.11. The minimum Gasteiger partial charge on any atom is -0.348 e. The van der Waals surface area contributed by atoms with E-state index in [1.807, 2.05) is 37.1 Å². The first-order valence-electron chi connectivity index (χ1n) is 8.89. The van der Waals surface area contributed by atoms with Crippen LogP contribution in [0.3, 0.4) is 0 Å². The van der Waals surface area contributed by atoms with Gasteiger partial charge in [0.25, 0.3) is 0 Å². The summed E-state index contributed by atoms with van der Waals surface area (Å²) in [4.78, 5) is 19.3. The number of hydrogen-bond acceptors (Lipinski definition) is 4. The van der Waals surface area contributed by atoms with Gasteiger partial charge in [-0.2, -0.15) is 0 Å². The molecule has 0 fully saturated rings. The average Bonchev–Trinajstić information content (AvgIpc) is 3.17. The fourth-order valence-corrected chi connectivity index (χ4v) is 3.92. The van der Waals surface area contributed by atoms with Gasteiger partial charge >= 0.3 is 0 Å². The molecule has 0 bridgehead atoms. The highest BCUT2D eigenvalue weighted by Crippen LogP contribution is 2.37. The van der Waals surface area contributed by atoms with E-state index in [2.05, 4.69) is 55.2 Å². The Bertz CT molecular complexity index is 1040. The number of aromatic nitrogens is 4. The number of nitrogens with zero attached hydrogens (tertiary/aromatic N) is 4. The van der Waals surface area contributed by atoms with Crippen molar-refractivity contribution in [2.75, 3.05) is 6.54 Å². The zero-order chi connectivity index (χ0) is 17.3. The quantitative estimate of drug-likeness (QED) is 0.620. The molecule has 0 amide bonds. The van der Waals surface area contributed by atoms with E-state index in [1.165, 1.54) is 22.2 Å². The largest absolute Gasteiger partial charge is 0.348 e. The Morgan fingerprint density at radius 3 is 2.92 bits per heavy atom. The fourth-order valence-electron chi connectivity index (χ4n) is 3.92. The normalized spacial score (nSPS) is 17.3. The molecular weight excluding hydrogens is 322 g/mol. The van der Waals surface area contributed by atoms with Gasteiger partial charge in [0.15, 0.2) is 0 Å². The number of benzene rings is 1. The highest BCUT2D eigenvalue weighted by atomic mass is 15.2. The van der Waals surface area contributed by atoms with Crippen LogP contribution in [0.4, 0.5) is 0 Å². The average molecular weight is 341 g/mol. The fraction of sp³-hybridized carbons (Fsp3) is 0.190. The molecule has 1 aliphatic heterocycles. The van der Waals surface area contributed by atoms with Gasteiger partial charge in [0.2, 0.25) is 0 Å². The number of fused-ring (bicyclic) bond motifs is 2. The molecule has 0 radical (unpaired) electrons. The van der Waals surface area contributed by atoms with E-state index in [9.17, 15) is 0 Å². The molecule has 0 unspecified atom stereocenters. The van der Waals surface area contributed by atoms with Crippen molar-refractivity contribution in [2.45, 2.75) is 19.0 Å². The van der Waals surface area contributed by atoms with Crippen LogP contribution in [0.2, 0.25) is 0 Å². The second-order valence-electron chi connectivity index (χ2n) is 6.67. The van der Waals surface area contributed by atoms with Crippen molar-refractivity contribution in [3.8, 4) is 0 Å². The monoisotopic (exact) mass is 341 g/mol. The smallest absolute Gasteiger partial charge is 0.0926 e. The number of para-hydroxylation sites is 1. The molecule has 5 heteroatoms. The van der Waals surface area contributed by atoms with Crippen molar-refractivity contribution >= 4 is 10.9 Å². The number of H-pyrrole nitrogens is 1. The van der Waals surface area contributed by atoms with Crippen LogP contribution in [0.15, 0.2) is 67.4 Å². The van der Waals surface area contributed by atoms with Crippen LogP contribution < -0.4 is 0 Å². The van der Waals surface area contributed by atoms with Gasteiger partial charge in [-0.15, -0.1) is 0 Å². The predicted octanol–water partition coefficient (Wildman–Crippen LogP) is 3.50. The number of nitrogens with one attached hydrogen (secondary N) is 1. The van der Waals surface area contributed by atoms with Crippen molar-refractivity contribution in [1.29, 1.82) is 0 Å². The molecule has 3 aromatic heterocycles. The highest BCUT2D eigenvalue weighted by Gasteiger charge is 2.32. The molecule has 1 N–H and O–H groups in total. The zero-order valence-electron chi connectivity index (χ0n) is 14.3. The van der Waals surface area contributed by atoms with Crippen LogP contribution in [-0.4, -0.2) is 31.4 Å². The molecule has 0 spiro atoms. The summed E-state index contributed by atoms with van der Waals surface area (Å²) in [5, 5.41) is 1.19. The topological polar surface area (TPSA) is 57.7 Å². The molecule has 1 aliphatic rings. The van der Waals surface area contributed by atoms with E-state index in [0.29, 0.717) is 0 Å². The van der Waals surface area contributed by atoms with Gasteiger partial charge in [-0.25, -0.2) is 4.98 Å². The van der Waals surface area contributed by atoms with Crippen molar-refractivity contribution in [3.05, 3.63) is 89.9 Å². The Kier molecular flexibility index (Phi) is 3.72. The van der Waals surface area contributed by atoms with Crippen LogP contribution in [0.25, 0.3) is 10.9 Å². The molecule has 0 aliphatic carbocycles. The summed E-state index contributed by atoms with van der Waals surface area (Å²) in [7, 11) is 0. The Morgan fingerprint density at radius 1 is 1.04 bits per heavy atom. The van der Waals surface area contributed by atoms with Gasteiger partial charge in [0.1, 0.15) is 0 Å². The van der Waals surface area contributed by atoms with Gasteiger partial charge in [0.05, 0.1) is 23.6 Å². The van der Waals surface area contributed by atoms with Gasteiger partial charge in [0, 0.05) is 49.2 Å². The Hall–Kier alpha value is -3.05. The summed E-state index contributed by atoms with van der Waals surface area (Å²) in [6.07, 6.45) is 8.46. The predicted molar refractivity (Wildman–Crippen MR) is 101 cm³/mol. The van der Waals surface area contributed by atoms with Gasteiger partial charge in [-0.1, -0.05) is 24.3 Å². The lowest BCUT2D eigenvalue weighted by molar-refractivity contribution is 0.201. The third-order valence-corrected chi connectivity index (χ3v) is 5.11. The maximum absolute atomic E-state index is 4.68. The van der Waals surface area contributed by atoms with E-state index >= 15 is 0 Å². The van der Waals surface area contributed by atoms with Crippen LogP contribution in [0.5, 0.6) is 0 Å². The Labute approximate surface area is 151 Å². The first-order valence-corrected chi connectivity index (χ1v) is 8.89. The third kappa shape index (κ3) is 2.57. The van der Waals surface area contributed by atoms with E-state index in [1.54, 1.807) is 0 Å². The lowest BCUT2D eigenvalue weighted by Crippen LogP contribution is -2.36. The summed E-state index contributed by atoms with van der Waals surface area (Å²) >= 11 is 0. The molecule has 1 atom stereocenters. The minimum atomic E-state index is 0.109. The maximum atomic E-state index is 4.68. The SMILES string of the molecule is c1cncc(CN2CCc3[nH]cnc3[C@@H]2c2ccnc3ccccc23)c1. The number of hydrogen-bond donors (Lipinski definition) is 1. The second-order valence-corrected chi connectivity index (χ2v) is 6.67. The van der Waals surface area contributed by atoms with Gasteiger partial charge < -0.3 is 4.98 Å². The van der Waals surface area contributed by atoms with Crippen LogP contribution in [0.1, 0.15) is 28.6 Å². The Morgan fingerprint density at radius 2 is 2.00 bits per heavy atom. The van der Waals surface area contributed by atoms with Crippen LogP contribution in [-0.2, 0) is 13.0 Å². The Balaban J connectivity index is 1.64. The number of rotatable bonds is 3. The number of pyridine rings is 2. The van der Waals surface area contributed by atoms with E-state index < -0.39 is 0 Å². The van der Waals surface area contributed by atoms with E-state index in [-0.39, 0.29) is 6.04 Å². The molecule has 4 heterocycles. The van der Waals surface area contributed by atoms with Gasteiger partial charge in [-0.3, -0.25) is 14.9 Å². The van der Waals surface area contributed by atoms with E-state index in [4.69, 9.17) is 0 Å². The van der Waals surface area contributed by atoms with Crippen molar-refractivity contribution in [3.63, 3.8) is 0 Å². The van der Waals surface area contributed by atoms with Crippen molar-refractivity contribution in [1.82, 2.24) is 24.8 Å². The minimum absolute atomic E-state index is 0.109. The molecule has 5 rings (SSSR count). The summed E-state index contributed by atoms with van der Waals surface area (Å²) < 4.78 is 0. The number of imidazole rings is 1. The summed E-state index contributed by atoms with van der Waals surface area (Å²) in [5.41, 5.74) is 5.85. The summed E-state index contributed by atoms with van der Waals surface area (Å²) in [6, 6.07) is 14.7. The first kappa shape index (κ1) is 15.2. The highest BCUT2D eigenvalue weighted by molar-refractivity contribution is 5.82. The molecular formula is C21H19N5. The number of aromatic amines is 1. The summed E-state index contributed by atoms with van der Waals surface area (Å²) in [6.45, 7) is 1.83. The summed E-state index contributed by atoms with van der Waals surface area (Å²) in [5.74, 6) is 0. The van der Waals surface area contributed by atoms with Crippen LogP contribution in [0, 0.1) is 0 Å². The van der Waals surface area contributed by atoms with Crippen molar-refractivity contribution in [2.24, 2.45) is 0 Å². The molecule has 5 nitrogen and oxygen atoms in total. The lowest BCUT2D eigenvalue weighted by Gasteiger charge is -2.35. The second kappa shape index (κ2) is 6.35. The maximum Gasteiger partial charge on any atom is 0.0926 e. The first-order chi connectivity index (χ1) is 12.9. The molecule has 0 saturated carbocycles. The zero-order valence-corrected chi connectivity index (χ0v) is 14.3. The molecule has 1 aromatic carbocycles. The van der Waals surface area contributed by atoms with Crippen molar-refractivity contribution < 1.29 is 0 Å². The molecule has 128 valence electrons. The molecule has 4 aromatic rings. The van der Waals surface area contributed by atoms with E-state index in [0.717, 1.165) is 30.7 Å². The molecule has 26 heavy (non-hydrogen) atoms. The standard InChI is InChI=1S/C21H19N5/c1-2-6-18-16(5-1)17(7-10-23-18)21-20-19(24-14-25-20)8-11-26(21)13-15-4-3-9-22-12-15/h1-7,9-10,12,14,21H,8,11,13H2,(H,24,25)/t21-/m0/s1. The van der Waals surface area contributed by atoms with Crippen LogP contribution >= 0.6 is 0 Å². The van der Waals surface area contributed by atoms with Gasteiger partial charge in [-0.05, 0) is 29.3 Å². The lowest BCUT2D eigenvalue weighted by atomic mass is 9.93. The molecule has 0 saturated heterocycles.